The van der Waals surface area contributed by atoms with Crippen molar-refractivity contribution < 1.29 is 9.53 Å². The highest BCUT2D eigenvalue weighted by Crippen LogP contribution is 2.22. The Kier molecular flexibility index (Phi) is 4.33. The molecule has 0 radical (unpaired) electrons. The molecule has 0 fully saturated rings. The van der Waals surface area contributed by atoms with E-state index in [-0.39, 0.29) is 11.6 Å². The Bertz CT molecular complexity index is 870. The Morgan fingerprint density at radius 2 is 1.88 bits per heavy atom. The average Bonchev–Trinajstić information content (AvgIpc) is 3.03. The van der Waals surface area contributed by atoms with E-state index in [1.165, 1.54) is 7.11 Å². The van der Waals surface area contributed by atoms with Gasteiger partial charge in [-0.3, -0.25) is 4.79 Å². The summed E-state index contributed by atoms with van der Waals surface area (Å²) in [4.78, 5) is 12.6. The molecule has 5 nitrogen and oxygen atoms in total. The summed E-state index contributed by atoms with van der Waals surface area (Å²) in [5.74, 6) is 0.136. The van der Waals surface area contributed by atoms with E-state index < -0.39 is 0 Å². The molecule has 0 aliphatic carbocycles. The van der Waals surface area contributed by atoms with Crippen LogP contribution in [0.5, 0.6) is 5.75 Å². The maximum absolute atomic E-state index is 12.6. The number of para-hydroxylation sites is 1. The predicted molar refractivity (Wildman–Crippen MR) is 94.0 cm³/mol. The molecular formula is C19H19N3O2. The number of hydrogen-bond donors (Lipinski definition) is 1. The monoisotopic (exact) mass is 321 g/mol. The number of methoxy groups -OCH3 is 1. The number of ether oxygens (including phenoxy) is 1. The third-order valence-corrected chi connectivity index (χ3v) is 3.78. The zero-order valence-electron chi connectivity index (χ0n) is 13.9. The molecule has 5 heteroatoms. The predicted octanol–water partition coefficient (Wildman–Crippen LogP) is 3.75. The molecule has 24 heavy (non-hydrogen) atoms. The lowest BCUT2D eigenvalue weighted by Gasteiger charge is -2.08. The van der Waals surface area contributed by atoms with Crippen molar-refractivity contribution in [3.05, 3.63) is 71.5 Å². The highest BCUT2D eigenvalue weighted by molar-refractivity contribution is 6.05. The lowest BCUT2D eigenvalue weighted by atomic mass is 10.1. The summed E-state index contributed by atoms with van der Waals surface area (Å²) >= 11 is 0. The Morgan fingerprint density at radius 3 is 2.58 bits per heavy atom. The molecule has 1 amide bonds. The Hall–Kier alpha value is -3.08. The van der Waals surface area contributed by atoms with Gasteiger partial charge in [0.2, 0.25) is 0 Å². The van der Waals surface area contributed by atoms with Crippen LogP contribution < -0.4 is 10.1 Å². The molecule has 0 bridgehead atoms. The Labute approximate surface area is 140 Å². The van der Waals surface area contributed by atoms with Gasteiger partial charge in [-0.15, -0.1) is 0 Å². The van der Waals surface area contributed by atoms with Gasteiger partial charge in [0.05, 0.1) is 19.0 Å². The molecular weight excluding hydrogens is 302 g/mol. The molecule has 0 saturated carbocycles. The van der Waals surface area contributed by atoms with Crippen LogP contribution in [-0.2, 0) is 0 Å². The van der Waals surface area contributed by atoms with E-state index in [1.807, 2.05) is 62.4 Å². The van der Waals surface area contributed by atoms with Crippen LogP contribution in [0.4, 0.5) is 5.69 Å². The van der Waals surface area contributed by atoms with Crippen LogP contribution in [0.3, 0.4) is 0 Å². The van der Waals surface area contributed by atoms with Crippen molar-refractivity contribution >= 4 is 11.6 Å². The van der Waals surface area contributed by atoms with Crippen LogP contribution in [0.25, 0.3) is 5.69 Å². The lowest BCUT2D eigenvalue weighted by molar-refractivity contribution is 0.101. The van der Waals surface area contributed by atoms with Crippen LogP contribution in [0, 0.1) is 13.8 Å². The standard InChI is InChI=1S/C19H19N3O2/c1-13-9-10-14(2)16(11-13)20-19(23)18-17(24-3)12-22(21-18)15-7-5-4-6-8-15/h4-12H,1-3H3,(H,20,23). The van der Waals surface area contributed by atoms with E-state index in [9.17, 15) is 4.79 Å². The van der Waals surface area contributed by atoms with E-state index in [2.05, 4.69) is 10.4 Å². The first-order valence-corrected chi connectivity index (χ1v) is 7.66. The number of carbonyl (C=O) groups is 1. The van der Waals surface area contributed by atoms with Gasteiger partial charge in [-0.1, -0.05) is 30.3 Å². The molecule has 0 unspecified atom stereocenters. The van der Waals surface area contributed by atoms with Crippen molar-refractivity contribution in [2.45, 2.75) is 13.8 Å². The van der Waals surface area contributed by atoms with Gasteiger partial charge < -0.3 is 10.1 Å². The van der Waals surface area contributed by atoms with Gasteiger partial charge in [0, 0.05) is 5.69 Å². The normalized spacial score (nSPS) is 10.5. The molecule has 0 aliphatic rings. The van der Waals surface area contributed by atoms with Crippen molar-refractivity contribution in [3.8, 4) is 11.4 Å². The quantitative estimate of drug-likeness (QED) is 0.796. The van der Waals surface area contributed by atoms with E-state index >= 15 is 0 Å². The summed E-state index contributed by atoms with van der Waals surface area (Å²) in [5, 5.41) is 7.29. The van der Waals surface area contributed by atoms with Gasteiger partial charge in [-0.05, 0) is 43.2 Å². The fourth-order valence-electron chi connectivity index (χ4n) is 2.43. The van der Waals surface area contributed by atoms with Gasteiger partial charge in [0.25, 0.3) is 5.91 Å². The summed E-state index contributed by atoms with van der Waals surface area (Å²) < 4.78 is 6.95. The summed E-state index contributed by atoms with van der Waals surface area (Å²) in [6, 6.07) is 15.5. The second-order valence-electron chi connectivity index (χ2n) is 5.60. The van der Waals surface area contributed by atoms with Crippen molar-refractivity contribution in [1.29, 1.82) is 0 Å². The highest BCUT2D eigenvalue weighted by atomic mass is 16.5. The minimum absolute atomic E-state index is 0.252. The van der Waals surface area contributed by atoms with Gasteiger partial charge in [0.15, 0.2) is 11.4 Å². The van der Waals surface area contributed by atoms with E-state index in [1.54, 1.807) is 10.9 Å². The SMILES string of the molecule is COc1cn(-c2ccccc2)nc1C(=O)Nc1cc(C)ccc1C. The van der Waals surface area contributed by atoms with Gasteiger partial charge in [0.1, 0.15) is 0 Å². The number of benzene rings is 2. The first kappa shape index (κ1) is 15.8. The van der Waals surface area contributed by atoms with E-state index in [0.29, 0.717) is 5.75 Å². The molecule has 0 saturated heterocycles. The topological polar surface area (TPSA) is 56.2 Å². The molecule has 1 heterocycles. The molecule has 0 atom stereocenters. The van der Waals surface area contributed by atoms with Crippen LogP contribution in [0.15, 0.2) is 54.7 Å². The van der Waals surface area contributed by atoms with Crippen LogP contribution in [0.2, 0.25) is 0 Å². The summed E-state index contributed by atoms with van der Waals surface area (Å²) in [5.41, 5.74) is 3.97. The second kappa shape index (κ2) is 6.58. The number of nitrogens with zero attached hydrogens (tertiary/aromatic N) is 2. The second-order valence-corrected chi connectivity index (χ2v) is 5.60. The van der Waals surface area contributed by atoms with E-state index in [0.717, 1.165) is 22.5 Å². The molecule has 3 aromatic rings. The molecule has 1 N–H and O–H groups in total. The first-order valence-electron chi connectivity index (χ1n) is 7.66. The smallest absolute Gasteiger partial charge is 0.280 e. The molecule has 2 aromatic carbocycles. The Morgan fingerprint density at radius 1 is 1.12 bits per heavy atom. The third-order valence-electron chi connectivity index (χ3n) is 3.78. The zero-order valence-corrected chi connectivity index (χ0v) is 13.9. The van der Waals surface area contributed by atoms with Crippen LogP contribution in [-0.4, -0.2) is 22.8 Å². The van der Waals surface area contributed by atoms with Crippen LogP contribution >= 0.6 is 0 Å². The first-order chi connectivity index (χ1) is 11.6. The maximum Gasteiger partial charge on any atom is 0.280 e. The largest absolute Gasteiger partial charge is 0.493 e. The Balaban J connectivity index is 1.92. The summed E-state index contributed by atoms with van der Waals surface area (Å²) in [7, 11) is 1.53. The van der Waals surface area contributed by atoms with Crippen molar-refractivity contribution in [3.63, 3.8) is 0 Å². The molecule has 3 rings (SSSR count). The van der Waals surface area contributed by atoms with Crippen molar-refractivity contribution in [2.24, 2.45) is 0 Å². The molecule has 1 aromatic heterocycles. The number of anilines is 1. The van der Waals surface area contributed by atoms with Crippen molar-refractivity contribution in [2.75, 3.05) is 12.4 Å². The minimum Gasteiger partial charge on any atom is -0.493 e. The number of carbonyl (C=O) groups excluding carboxylic acids is 1. The van der Waals surface area contributed by atoms with Gasteiger partial charge in [-0.2, -0.15) is 5.10 Å². The highest BCUT2D eigenvalue weighted by Gasteiger charge is 2.19. The number of aromatic nitrogens is 2. The number of hydrogen-bond acceptors (Lipinski definition) is 3. The fraction of sp³-hybridized carbons (Fsp3) is 0.158. The fourth-order valence-corrected chi connectivity index (χ4v) is 2.43. The summed E-state index contributed by atoms with van der Waals surface area (Å²) in [6.45, 7) is 3.94. The third kappa shape index (κ3) is 3.15. The van der Waals surface area contributed by atoms with Crippen molar-refractivity contribution in [1.82, 2.24) is 9.78 Å². The average molecular weight is 321 g/mol. The molecule has 0 aliphatic heterocycles. The van der Waals surface area contributed by atoms with Gasteiger partial charge in [-0.25, -0.2) is 4.68 Å². The van der Waals surface area contributed by atoms with Crippen LogP contribution in [0.1, 0.15) is 21.6 Å². The van der Waals surface area contributed by atoms with Gasteiger partial charge >= 0.3 is 0 Å². The number of amides is 1. The maximum atomic E-state index is 12.6. The number of rotatable bonds is 4. The number of nitrogens with one attached hydrogen (secondary N) is 1. The lowest BCUT2D eigenvalue weighted by Crippen LogP contribution is -2.15. The summed E-state index contributed by atoms with van der Waals surface area (Å²) in [6.07, 6.45) is 1.70. The zero-order chi connectivity index (χ0) is 17.1. The molecule has 0 spiro atoms. The van der Waals surface area contributed by atoms with E-state index in [4.69, 9.17) is 4.74 Å². The molecule has 122 valence electrons. The number of aryl methyl sites for hydroxylation is 2. The minimum atomic E-state index is -0.296.